The van der Waals surface area contributed by atoms with Crippen molar-refractivity contribution in [1.82, 2.24) is 4.98 Å². The number of esters is 1. The largest absolute Gasteiger partial charge is 0.461 e. The normalized spacial score (nSPS) is 10.0. The lowest BCUT2D eigenvalue weighted by molar-refractivity contribution is -0.145. The molecule has 15 heavy (non-hydrogen) atoms. The van der Waals surface area contributed by atoms with Gasteiger partial charge in [-0.05, 0) is 12.5 Å². The molecule has 0 bridgehead atoms. The predicted molar refractivity (Wildman–Crippen MR) is 58.6 cm³/mol. The number of aromatic nitrogens is 1. The zero-order chi connectivity index (χ0) is 11.1. The molecule has 0 N–H and O–H groups in total. The molecule has 0 saturated heterocycles. The van der Waals surface area contributed by atoms with Crippen LogP contribution in [0.2, 0.25) is 5.15 Å². The van der Waals surface area contributed by atoms with Crippen LogP contribution >= 0.6 is 11.6 Å². The molecule has 1 aromatic rings. The Hall–Kier alpha value is -1.09. The number of hydrogen-bond acceptors (Lipinski definition) is 3. The van der Waals surface area contributed by atoms with Gasteiger partial charge in [-0.25, -0.2) is 4.98 Å². The third-order valence-corrected chi connectivity index (χ3v) is 2.15. The molecule has 4 heteroatoms. The first kappa shape index (κ1) is 12.0. The molecular formula is C11H14ClNO2. The molecule has 3 nitrogen and oxygen atoms in total. The number of nitrogens with zero attached hydrogens (tertiary/aromatic N) is 1. The van der Waals surface area contributed by atoms with Gasteiger partial charge >= 0.3 is 5.97 Å². The predicted octanol–water partition coefficient (Wildman–Crippen LogP) is 2.97. The van der Waals surface area contributed by atoms with E-state index in [0.717, 1.165) is 18.4 Å². The van der Waals surface area contributed by atoms with E-state index in [0.29, 0.717) is 11.6 Å². The van der Waals surface area contributed by atoms with E-state index in [1.807, 2.05) is 6.92 Å². The minimum absolute atomic E-state index is 0.160. The molecule has 1 aromatic heterocycles. The first-order valence-electron chi connectivity index (χ1n) is 4.98. The van der Waals surface area contributed by atoms with Crippen molar-refractivity contribution in [2.24, 2.45) is 0 Å². The summed E-state index contributed by atoms with van der Waals surface area (Å²) in [7, 11) is 0. The number of carbonyl (C=O) groups excluding carboxylic acids is 1. The van der Waals surface area contributed by atoms with Crippen molar-refractivity contribution < 1.29 is 9.53 Å². The van der Waals surface area contributed by atoms with Crippen molar-refractivity contribution in [3.63, 3.8) is 0 Å². The van der Waals surface area contributed by atoms with E-state index in [9.17, 15) is 4.79 Å². The van der Waals surface area contributed by atoms with E-state index < -0.39 is 0 Å². The molecule has 0 aliphatic rings. The van der Waals surface area contributed by atoms with E-state index in [2.05, 4.69) is 4.98 Å². The Labute approximate surface area is 94.4 Å². The third-order valence-electron chi connectivity index (χ3n) is 1.92. The lowest BCUT2D eigenvalue weighted by Gasteiger charge is -2.03. The van der Waals surface area contributed by atoms with Crippen LogP contribution in [0, 0.1) is 0 Å². The van der Waals surface area contributed by atoms with Gasteiger partial charge in [-0.15, -0.1) is 0 Å². The van der Waals surface area contributed by atoms with Crippen LogP contribution in [0.3, 0.4) is 0 Å². The zero-order valence-corrected chi connectivity index (χ0v) is 9.46. The van der Waals surface area contributed by atoms with Gasteiger partial charge in [-0.3, -0.25) is 4.79 Å². The average Bonchev–Trinajstić information content (AvgIpc) is 2.25. The van der Waals surface area contributed by atoms with E-state index >= 15 is 0 Å². The summed E-state index contributed by atoms with van der Waals surface area (Å²) >= 11 is 5.62. The van der Waals surface area contributed by atoms with Gasteiger partial charge in [0, 0.05) is 18.2 Å². The van der Waals surface area contributed by atoms with Crippen LogP contribution < -0.4 is 0 Å². The molecule has 0 unspecified atom stereocenters. The van der Waals surface area contributed by atoms with Crippen LogP contribution in [0.25, 0.3) is 0 Å². The first-order valence-corrected chi connectivity index (χ1v) is 5.36. The molecule has 0 aliphatic carbocycles. The van der Waals surface area contributed by atoms with Crippen LogP contribution in [0.5, 0.6) is 0 Å². The summed E-state index contributed by atoms with van der Waals surface area (Å²) in [5.74, 6) is -0.160. The van der Waals surface area contributed by atoms with E-state index in [-0.39, 0.29) is 12.6 Å². The van der Waals surface area contributed by atoms with Crippen molar-refractivity contribution >= 4 is 17.6 Å². The van der Waals surface area contributed by atoms with E-state index in [1.54, 1.807) is 18.3 Å². The molecule has 0 radical (unpaired) electrons. The highest BCUT2D eigenvalue weighted by atomic mass is 35.5. The summed E-state index contributed by atoms with van der Waals surface area (Å²) in [6, 6.07) is 3.47. The van der Waals surface area contributed by atoms with Crippen LogP contribution in [0.15, 0.2) is 18.3 Å². The van der Waals surface area contributed by atoms with Gasteiger partial charge < -0.3 is 4.74 Å². The number of rotatable bonds is 5. The van der Waals surface area contributed by atoms with Crippen LogP contribution in [0.4, 0.5) is 0 Å². The van der Waals surface area contributed by atoms with Crippen molar-refractivity contribution in [2.75, 3.05) is 0 Å². The Morgan fingerprint density at radius 1 is 1.53 bits per heavy atom. The lowest BCUT2D eigenvalue weighted by Crippen LogP contribution is -2.04. The number of hydrogen-bond donors (Lipinski definition) is 0. The van der Waals surface area contributed by atoms with E-state index in [4.69, 9.17) is 16.3 Å². The molecule has 0 aliphatic heterocycles. The standard InChI is InChI=1S/C11H14ClNO2/c1-2-3-4-11(14)15-8-9-5-6-10(12)13-7-9/h5-7H,2-4,8H2,1H3. The Morgan fingerprint density at radius 3 is 2.93 bits per heavy atom. The third kappa shape index (κ3) is 4.79. The molecule has 0 spiro atoms. The maximum absolute atomic E-state index is 11.2. The fourth-order valence-corrected chi connectivity index (χ4v) is 1.16. The van der Waals surface area contributed by atoms with Crippen LogP contribution in [-0.4, -0.2) is 11.0 Å². The summed E-state index contributed by atoms with van der Waals surface area (Å²) in [6.07, 6.45) is 3.96. The number of carbonyl (C=O) groups is 1. The SMILES string of the molecule is CCCCC(=O)OCc1ccc(Cl)nc1. The topological polar surface area (TPSA) is 39.2 Å². The van der Waals surface area contributed by atoms with Crippen molar-refractivity contribution in [1.29, 1.82) is 0 Å². The summed E-state index contributed by atoms with van der Waals surface area (Å²) in [5.41, 5.74) is 0.851. The zero-order valence-electron chi connectivity index (χ0n) is 8.70. The molecule has 1 heterocycles. The van der Waals surface area contributed by atoms with Gasteiger partial charge in [0.2, 0.25) is 0 Å². The van der Waals surface area contributed by atoms with Crippen molar-refractivity contribution in [2.45, 2.75) is 32.8 Å². The molecule has 0 aromatic carbocycles. The lowest BCUT2D eigenvalue weighted by atomic mass is 10.2. The summed E-state index contributed by atoms with van der Waals surface area (Å²) in [6.45, 7) is 2.31. The van der Waals surface area contributed by atoms with Crippen molar-refractivity contribution in [3.05, 3.63) is 29.0 Å². The molecule has 0 saturated carbocycles. The summed E-state index contributed by atoms with van der Waals surface area (Å²) < 4.78 is 5.05. The smallest absolute Gasteiger partial charge is 0.306 e. The van der Waals surface area contributed by atoms with Gasteiger partial charge in [0.05, 0.1) is 0 Å². The Bertz CT molecular complexity index is 311. The van der Waals surface area contributed by atoms with Crippen LogP contribution in [0.1, 0.15) is 31.7 Å². The average molecular weight is 228 g/mol. The van der Waals surface area contributed by atoms with Gasteiger partial charge in [0.15, 0.2) is 0 Å². The maximum atomic E-state index is 11.2. The minimum atomic E-state index is -0.160. The highest BCUT2D eigenvalue weighted by Crippen LogP contribution is 2.07. The van der Waals surface area contributed by atoms with Gasteiger partial charge in [-0.2, -0.15) is 0 Å². The Kier molecular flexibility index (Phi) is 5.12. The fourth-order valence-electron chi connectivity index (χ4n) is 1.05. The highest BCUT2D eigenvalue weighted by molar-refractivity contribution is 6.29. The summed E-state index contributed by atoms with van der Waals surface area (Å²) in [4.78, 5) is 15.1. The number of halogens is 1. The minimum Gasteiger partial charge on any atom is -0.461 e. The second-order valence-electron chi connectivity index (χ2n) is 3.25. The van der Waals surface area contributed by atoms with Crippen molar-refractivity contribution in [3.8, 4) is 0 Å². The van der Waals surface area contributed by atoms with Crippen LogP contribution in [-0.2, 0) is 16.1 Å². The monoisotopic (exact) mass is 227 g/mol. The number of unbranched alkanes of at least 4 members (excludes halogenated alkanes) is 1. The molecule has 0 fully saturated rings. The molecule has 0 amide bonds. The van der Waals surface area contributed by atoms with Gasteiger partial charge in [0.25, 0.3) is 0 Å². The number of pyridine rings is 1. The molecule has 1 rings (SSSR count). The molecule has 82 valence electrons. The Morgan fingerprint density at radius 2 is 2.33 bits per heavy atom. The Balaban J connectivity index is 2.30. The molecule has 0 atom stereocenters. The second-order valence-corrected chi connectivity index (χ2v) is 3.64. The first-order chi connectivity index (χ1) is 7.22. The van der Waals surface area contributed by atoms with Gasteiger partial charge in [0.1, 0.15) is 11.8 Å². The number of ether oxygens (including phenoxy) is 1. The second kappa shape index (κ2) is 6.40. The van der Waals surface area contributed by atoms with E-state index in [1.165, 1.54) is 0 Å². The summed E-state index contributed by atoms with van der Waals surface area (Å²) in [5, 5.41) is 0.441. The van der Waals surface area contributed by atoms with Gasteiger partial charge in [-0.1, -0.05) is 31.0 Å². The quantitative estimate of drug-likeness (QED) is 0.574. The maximum Gasteiger partial charge on any atom is 0.306 e. The highest BCUT2D eigenvalue weighted by Gasteiger charge is 2.02. The molecular weight excluding hydrogens is 214 g/mol. The fraction of sp³-hybridized carbons (Fsp3) is 0.455.